The maximum Gasteiger partial charge on any atom is 0.225 e. The lowest BCUT2D eigenvalue weighted by molar-refractivity contribution is -0.132. The van der Waals surface area contributed by atoms with Gasteiger partial charge in [-0.15, -0.1) is 11.3 Å². The third kappa shape index (κ3) is 5.92. The number of nitriles is 1. The van der Waals surface area contributed by atoms with Gasteiger partial charge in [0.2, 0.25) is 11.8 Å². The van der Waals surface area contributed by atoms with Crippen LogP contribution in [0.1, 0.15) is 52.5 Å². The summed E-state index contributed by atoms with van der Waals surface area (Å²) in [5.74, 6) is 0.732. The van der Waals surface area contributed by atoms with Gasteiger partial charge in [-0.2, -0.15) is 5.26 Å². The first-order chi connectivity index (χ1) is 17.5. The van der Waals surface area contributed by atoms with E-state index in [2.05, 4.69) is 29.4 Å². The highest BCUT2D eigenvalue weighted by atomic mass is 32.1. The molecule has 2 aromatic heterocycles. The summed E-state index contributed by atoms with van der Waals surface area (Å²) in [7, 11) is 1.63. The molecule has 1 aliphatic rings. The fourth-order valence-corrected chi connectivity index (χ4v) is 5.70. The van der Waals surface area contributed by atoms with Crippen molar-refractivity contribution in [3.63, 3.8) is 0 Å². The molecule has 1 N–H and O–H groups in total. The Morgan fingerprint density at radius 1 is 1.17 bits per heavy atom. The van der Waals surface area contributed by atoms with Gasteiger partial charge in [0.15, 0.2) is 0 Å². The number of thiophene rings is 1. The Morgan fingerprint density at radius 3 is 2.69 bits per heavy atom. The van der Waals surface area contributed by atoms with Crippen molar-refractivity contribution >= 4 is 28.2 Å². The SMILES string of the molecule is CCc1ccc(OC)c(CCC(=O)Nc2sc3c(c2C#N)CCN(C(=O)CCc2ccncc2)C3)c1. The summed E-state index contributed by atoms with van der Waals surface area (Å²) < 4.78 is 5.45. The van der Waals surface area contributed by atoms with Gasteiger partial charge in [-0.05, 0) is 66.1 Å². The molecule has 0 spiro atoms. The Morgan fingerprint density at radius 2 is 1.97 bits per heavy atom. The first kappa shape index (κ1) is 25.4. The van der Waals surface area contributed by atoms with E-state index in [4.69, 9.17) is 4.74 Å². The molecule has 0 aliphatic carbocycles. The molecule has 0 saturated heterocycles. The average Bonchev–Trinajstić information content (AvgIpc) is 3.26. The molecule has 3 aromatic rings. The van der Waals surface area contributed by atoms with Gasteiger partial charge in [-0.1, -0.05) is 19.1 Å². The molecule has 7 nitrogen and oxygen atoms in total. The van der Waals surface area contributed by atoms with Crippen molar-refractivity contribution < 1.29 is 14.3 Å². The Labute approximate surface area is 215 Å². The zero-order chi connectivity index (χ0) is 25.5. The molecule has 0 bridgehead atoms. The minimum atomic E-state index is -0.140. The van der Waals surface area contributed by atoms with Crippen molar-refractivity contribution in [2.75, 3.05) is 19.0 Å². The second-order valence-electron chi connectivity index (χ2n) is 8.79. The van der Waals surface area contributed by atoms with Gasteiger partial charge < -0.3 is 15.0 Å². The minimum Gasteiger partial charge on any atom is -0.496 e. The van der Waals surface area contributed by atoms with Crippen LogP contribution in [0.2, 0.25) is 0 Å². The Hall–Kier alpha value is -3.70. The van der Waals surface area contributed by atoms with E-state index in [1.807, 2.05) is 29.2 Å². The second kappa shape index (κ2) is 11.8. The number of pyridine rings is 1. The Balaban J connectivity index is 1.38. The normalized spacial score (nSPS) is 12.5. The van der Waals surface area contributed by atoms with Gasteiger partial charge in [-0.25, -0.2) is 0 Å². The molecule has 2 amide bonds. The number of aromatic nitrogens is 1. The van der Waals surface area contributed by atoms with Crippen molar-refractivity contribution in [3.05, 3.63) is 75.4 Å². The zero-order valence-electron chi connectivity index (χ0n) is 20.7. The van der Waals surface area contributed by atoms with E-state index in [0.29, 0.717) is 49.3 Å². The quantitative estimate of drug-likeness (QED) is 0.459. The van der Waals surface area contributed by atoms with Crippen LogP contribution >= 0.6 is 11.3 Å². The number of aryl methyl sites for hydroxylation is 3. The smallest absolute Gasteiger partial charge is 0.225 e. The molecular weight excluding hydrogens is 472 g/mol. The number of carbonyl (C=O) groups is 2. The summed E-state index contributed by atoms with van der Waals surface area (Å²) in [5, 5.41) is 13.3. The number of hydrogen-bond donors (Lipinski definition) is 1. The number of hydrogen-bond acceptors (Lipinski definition) is 6. The monoisotopic (exact) mass is 502 g/mol. The number of rotatable bonds is 9. The number of amides is 2. The predicted octanol–water partition coefficient (Wildman–Crippen LogP) is 4.67. The molecule has 3 heterocycles. The number of nitrogens with one attached hydrogen (secondary N) is 1. The van der Waals surface area contributed by atoms with Crippen molar-refractivity contribution in [1.29, 1.82) is 5.26 Å². The maximum absolute atomic E-state index is 12.8. The van der Waals surface area contributed by atoms with Crippen LogP contribution in [0.5, 0.6) is 5.75 Å². The zero-order valence-corrected chi connectivity index (χ0v) is 21.5. The van der Waals surface area contributed by atoms with Gasteiger partial charge in [0, 0.05) is 36.7 Å². The molecule has 1 aliphatic heterocycles. The maximum atomic E-state index is 12.8. The van der Waals surface area contributed by atoms with Crippen LogP contribution in [0.15, 0.2) is 42.7 Å². The van der Waals surface area contributed by atoms with Crippen molar-refractivity contribution in [2.45, 2.75) is 52.0 Å². The first-order valence-corrected chi connectivity index (χ1v) is 13.0. The topological polar surface area (TPSA) is 95.3 Å². The molecule has 186 valence electrons. The number of carbonyl (C=O) groups excluding carboxylic acids is 2. The van der Waals surface area contributed by atoms with E-state index in [0.717, 1.165) is 33.7 Å². The van der Waals surface area contributed by atoms with E-state index in [1.54, 1.807) is 19.5 Å². The Kier molecular flexibility index (Phi) is 8.34. The van der Waals surface area contributed by atoms with Crippen LogP contribution < -0.4 is 10.1 Å². The van der Waals surface area contributed by atoms with Gasteiger partial charge >= 0.3 is 0 Å². The minimum absolute atomic E-state index is 0.0956. The summed E-state index contributed by atoms with van der Waals surface area (Å²) >= 11 is 1.40. The van der Waals surface area contributed by atoms with Crippen LogP contribution in [0, 0.1) is 11.3 Å². The van der Waals surface area contributed by atoms with Crippen molar-refractivity contribution in [2.24, 2.45) is 0 Å². The fourth-order valence-electron chi connectivity index (χ4n) is 4.47. The number of ether oxygens (including phenoxy) is 1. The van der Waals surface area contributed by atoms with Gasteiger partial charge in [-0.3, -0.25) is 14.6 Å². The number of fused-ring (bicyclic) bond motifs is 1. The third-order valence-corrected chi connectivity index (χ3v) is 7.66. The molecule has 0 saturated carbocycles. The second-order valence-corrected chi connectivity index (χ2v) is 9.89. The van der Waals surface area contributed by atoms with Crippen LogP contribution in [0.4, 0.5) is 5.00 Å². The summed E-state index contributed by atoms with van der Waals surface area (Å²) in [6, 6.07) is 12.2. The van der Waals surface area contributed by atoms with Gasteiger partial charge in [0.25, 0.3) is 0 Å². The number of methoxy groups -OCH3 is 1. The number of anilines is 1. The van der Waals surface area contributed by atoms with Crippen LogP contribution in [0.3, 0.4) is 0 Å². The molecule has 0 atom stereocenters. The lowest BCUT2D eigenvalue weighted by Crippen LogP contribution is -2.35. The highest BCUT2D eigenvalue weighted by Crippen LogP contribution is 2.37. The highest BCUT2D eigenvalue weighted by Gasteiger charge is 2.27. The lowest BCUT2D eigenvalue weighted by Gasteiger charge is -2.27. The van der Waals surface area contributed by atoms with E-state index in [-0.39, 0.29) is 18.2 Å². The lowest BCUT2D eigenvalue weighted by atomic mass is 10.0. The predicted molar refractivity (Wildman–Crippen MR) is 140 cm³/mol. The Bertz CT molecular complexity index is 1280. The van der Waals surface area contributed by atoms with Crippen LogP contribution in [0.25, 0.3) is 0 Å². The van der Waals surface area contributed by atoms with E-state index in [1.165, 1.54) is 16.9 Å². The number of benzene rings is 1. The molecule has 36 heavy (non-hydrogen) atoms. The first-order valence-electron chi connectivity index (χ1n) is 12.2. The third-order valence-electron chi connectivity index (χ3n) is 6.53. The van der Waals surface area contributed by atoms with Gasteiger partial charge in [0.1, 0.15) is 16.8 Å². The van der Waals surface area contributed by atoms with Crippen molar-refractivity contribution in [3.8, 4) is 11.8 Å². The molecule has 8 heteroatoms. The van der Waals surface area contributed by atoms with Crippen LogP contribution in [-0.4, -0.2) is 35.4 Å². The standard InChI is InChI=1S/C28H30N4O3S/c1-3-19-4-7-24(35-2)21(16-19)6-8-26(33)31-28-23(17-29)22-12-15-32(18-25(22)36-28)27(34)9-5-20-10-13-30-14-11-20/h4,7,10-11,13-14,16H,3,5-6,8-9,12,15,18H2,1-2H3,(H,31,33). The number of nitrogens with zero attached hydrogens (tertiary/aromatic N) is 3. The van der Waals surface area contributed by atoms with E-state index < -0.39 is 0 Å². The summed E-state index contributed by atoms with van der Waals surface area (Å²) in [6.07, 6.45) is 6.94. The summed E-state index contributed by atoms with van der Waals surface area (Å²) in [6.45, 7) is 3.14. The molecule has 0 radical (unpaired) electrons. The molecule has 4 rings (SSSR count). The van der Waals surface area contributed by atoms with Crippen LogP contribution in [-0.2, 0) is 41.8 Å². The molecular formula is C28H30N4O3S. The molecule has 1 aromatic carbocycles. The average molecular weight is 503 g/mol. The van der Waals surface area contributed by atoms with Gasteiger partial charge in [0.05, 0.1) is 19.2 Å². The molecule has 0 fully saturated rings. The van der Waals surface area contributed by atoms with E-state index >= 15 is 0 Å². The fraction of sp³-hybridized carbons (Fsp3) is 0.357. The summed E-state index contributed by atoms with van der Waals surface area (Å²) in [5.41, 5.74) is 4.76. The largest absolute Gasteiger partial charge is 0.496 e. The van der Waals surface area contributed by atoms with E-state index in [9.17, 15) is 14.9 Å². The molecule has 0 unspecified atom stereocenters. The highest BCUT2D eigenvalue weighted by molar-refractivity contribution is 7.16. The summed E-state index contributed by atoms with van der Waals surface area (Å²) in [4.78, 5) is 32.4. The van der Waals surface area contributed by atoms with Crippen molar-refractivity contribution in [1.82, 2.24) is 9.88 Å².